The van der Waals surface area contributed by atoms with Gasteiger partial charge in [-0.1, -0.05) is 64.1 Å². The highest BCUT2D eigenvalue weighted by atomic mass is 15.2. The zero-order chi connectivity index (χ0) is 17.7. The van der Waals surface area contributed by atoms with Crippen LogP contribution >= 0.6 is 0 Å². The second kappa shape index (κ2) is 5.87. The van der Waals surface area contributed by atoms with Gasteiger partial charge in [-0.15, -0.1) is 0 Å². The van der Waals surface area contributed by atoms with E-state index in [1.54, 1.807) is 0 Å². The van der Waals surface area contributed by atoms with Gasteiger partial charge in [0.05, 0.1) is 5.56 Å². The molecule has 2 aromatic carbocycles. The van der Waals surface area contributed by atoms with Gasteiger partial charge in [0.2, 0.25) is 0 Å². The summed E-state index contributed by atoms with van der Waals surface area (Å²) in [6.07, 6.45) is 4.48. The number of hydrogen-bond donors (Lipinski definition) is 0. The average molecular weight is 331 g/mol. The van der Waals surface area contributed by atoms with E-state index in [9.17, 15) is 0 Å². The molecule has 1 aliphatic heterocycles. The summed E-state index contributed by atoms with van der Waals surface area (Å²) in [6.45, 7) is 11.4. The summed E-state index contributed by atoms with van der Waals surface area (Å²) in [5.41, 5.74) is 6.97. The van der Waals surface area contributed by atoms with Crippen molar-refractivity contribution in [2.75, 3.05) is 0 Å². The van der Waals surface area contributed by atoms with E-state index in [0.29, 0.717) is 17.9 Å². The SMILES string of the molecule is CC(C)c1cccc(C(C)C)c1-n1cc[n+]2c1-c1ccccc1C2C. The highest BCUT2D eigenvalue weighted by Gasteiger charge is 2.36. The minimum absolute atomic E-state index is 0.390. The second-order valence-electron chi connectivity index (χ2n) is 7.76. The van der Waals surface area contributed by atoms with Gasteiger partial charge in [0.25, 0.3) is 5.82 Å². The maximum atomic E-state index is 2.42. The lowest BCUT2D eigenvalue weighted by molar-refractivity contribution is -0.693. The largest absolute Gasteiger partial charge is 0.295 e. The van der Waals surface area contributed by atoms with Crippen molar-refractivity contribution < 1.29 is 4.57 Å². The van der Waals surface area contributed by atoms with Crippen LogP contribution in [0.2, 0.25) is 0 Å². The van der Waals surface area contributed by atoms with Crippen LogP contribution in [0.1, 0.15) is 69.2 Å². The van der Waals surface area contributed by atoms with Gasteiger partial charge in [0.1, 0.15) is 24.1 Å². The molecule has 2 heteroatoms. The van der Waals surface area contributed by atoms with Gasteiger partial charge >= 0.3 is 0 Å². The van der Waals surface area contributed by atoms with Crippen molar-refractivity contribution in [3.05, 3.63) is 71.5 Å². The van der Waals surface area contributed by atoms with Crippen molar-refractivity contribution in [2.45, 2.75) is 52.5 Å². The van der Waals surface area contributed by atoms with Crippen LogP contribution in [-0.4, -0.2) is 4.57 Å². The maximum absolute atomic E-state index is 2.42. The molecule has 1 unspecified atom stereocenters. The molecule has 0 spiro atoms. The molecule has 3 aromatic rings. The highest BCUT2D eigenvalue weighted by molar-refractivity contribution is 5.65. The number of nitrogens with zero attached hydrogens (tertiary/aromatic N) is 2. The summed E-state index contributed by atoms with van der Waals surface area (Å²) < 4.78 is 4.83. The van der Waals surface area contributed by atoms with Crippen LogP contribution in [0.3, 0.4) is 0 Å². The summed E-state index contributed by atoms with van der Waals surface area (Å²) in [4.78, 5) is 0. The van der Waals surface area contributed by atoms with Gasteiger partial charge in [-0.2, -0.15) is 4.57 Å². The predicted octanol–water partition coefficient (Wildman–Crippen LogP) is 5.60. The molecule has 1 aromatic heterocycles. The van der Waals surface area contributed by atoms with E-state index in [4.69, 9.17) is 0 Å². The molecule has 0 saturated carbocycles. The Morgan fingerprint density at radius 1 is 0.880 bits per heavy atom. The molecule has 0 aliphatic carbocycles. The zero-order valence-corrected chi connectivity index (χ0v) is 15.8. The molecule has 0 amide bonds. The second-order valence-corrected chi connectivity index (χ2v) is 7.76. The van der Waals surface area contributed by atoms with Crippen LogP contribution in [0.5, 0.6) is 0 Å². The third kappa shape index (κ3) is 2.35. The van der Waals surface area contributed by atoms with Crippen LogP contribution in [0, 0.1) is 0 Å². The minimum atomic E-state index is 0.390. The van der Waals surface area contributed by atoms with E-state index < -0.39 is 0 Å². The van der Waals surface area contributed by atoms with E-state index in [2.05, 4.69) is 98.6 Å². The first-order valence-electron chi connectivity index (χ1n) is 9.35. The van der Waals surface area contributed by atoms with Crippen molar-refractivity contribution in [1.82, 2.24) is 4.57 Å². The summed E-state index contributed by atoms with van der Waals surface area (Å²) in [5, 5.41) is 0. The molecule has 2 nitrogen and oxygen atoms in total. The lowest BCUT2D eigenvalue weighted by Gasteiger charge is -2.17. The Hall–Kier alpha value is -2.35. The number of imidazole rings is 1. The van der Waals surface area contributed by atoms with Crippen LogP contribution in [0.4, 0.5) is 0 Å². The maximum Gasteiger partial charge on any atom is 0.295 e. The van der Waals surface area contributed by atoms with E-state index in [-0.39, 0.29) is 0 Å². The molecule has 0 N–H and O–H groups in total. The molecule has 4 rings (SSSR count). The summed E-state index contributed by atoms with van der Waals surface area (Å²) in [5.74, 6) is 2.29. The van der Waals surface area contributed by atoms with Crippen LogP contribution in [0.25, 0.3) is 17.1 Å². The fourth-order valence-corrected chi connectivity index (χ4v) is 4.17. The third-order valence-electron chi connectivity index (χ3n) is 5.50. The summed E-state index contributed by atoms with van der Waals surface area (Å²) in [7, 11) is 0. The normalized spacial score (nSPS) is 15.7. The fraction of sp³-hybridized carbons (Fsp3) is 0.348. The quantitative estimate of drug-likeness (QED) is 0.552. The Morgan fingerprint density at radius 2 is 1.52 bits per heavy atom. The molecule has 25 heavy (non-hydrogen) atoms. The molecular formula is C23H27N2+. The van der Waals surface area contributed by atoms with E-state index >= 15 is 0 Å². The van der Waals surface area contributed by atoms with Crippen molar-refractivity contribution in [2.24, 2.45) is 0 Å². The van der Waals surface area contributed by atoms with Crippen molar-refractivity contribution in [3.8, 4) is 17.1 Å². The van der Waals surface area contributed by atoms with Crippen LogP contribution in [-0.2, 0) is 0 Å². The van der Waals surface area contributed by atoms with Gasteiger partial charge in [-0.25, -0.2) is 4.57 Å². The van der Waals surface area contributed by atoms with Gasteiger partial charge in [0, 0.05) is 16.7 Å². The average Bonchev–Trinajstić information content (AvgIpc) is 3.15. The summed E-state index contributed by atoms with van der Waals surface area (Å²) >= 11 is 0. The smallest absolute Gasteiger partial charge is 0.223 e. The molecule has 1 aliphatic rings. The first-order valence-corrected chi connectivity index (χ1v) is 9.35. The van der Waals surface area contributed by atoms with Gasteiger partial charge in [-0.05, 0) is 24.8 Å². The van der Waals surface area contributed by atoms with Gasteiger partial charge in [-0.3, -0.25) is 0 Å². The molecular weight excluding hydrogens is 304 g/mol. The van der Waals surface area contributed by atoms with Gasteiger partial charge in [0.15, 0.2) is 0 Å². The Morgan fingerprint density at radius 3 is 2.16 bits per heavy atom. The van der Waals surface area contributed by atoms with Crippen molar-refractivity contribution >= 4 is 0 Å². The Bertz CT molecular complexity index is 905. The van der Waals surface area contributed by atoms with E-state index in [0.717, 1.165) is 0 Å². The molecule has 0 saturated heterocycles. The highest BCUT2D eigenvalue weighted by Crippen LogP contribution is 2.38. The summed E-state index contributed by atoms with van der Waals surface area (Å²) in [6, 6.07) is 16.0. The Labute approximate surface area is 150 Å². The third-order valence-corrected chi connectivity index (χ3v) is 5.50. The number of hydrogen-bond acceptors (Lipinski definition) is 0. The van der Waals surface area contributed by atoms with E-state index in [1.807, 2.05) is 0 Å². The number of benzene rings is 2. The molecule has 1 atom stereocenters. The molecule has 0 radical (unpaired) electrons. The van der Waals surface area contributed by atoms with Crippen molar-refractivity contribution in [3.63, 3.8) is 0 Å². The predicted molar refractivity (Wildman–Crippen MR) is 103 cm³/mol. The monoisotopic (exact) mass is 331 g/mol. The lowest BCUT2D eigenvalue weighted by atomic mass is 9.92. The van der Waals surface area contributed by atoms with E-state index in [1.165, 1.54) is 33.8 Å². The molecule has 0 bridgehead atoms. The molecule has 128 valence electrons. The topological polar surface area (TPSA) is 8.81 Å². The number of rotatable bonds is 3. The number of para-hydroxylation sites is 1. The Kier molecular flexibility index (Phi) is 3.79. The molecule has 2 heterocycles. The first kappa shape index (κ1) is 16.1. The van der Waals surface area contributed by atoms with Crippen molar-refractivity contribution in [1.29, 1.82) is 0 Å². The Balaban J connectivity index is 2.03. The standard InChI is InChI=1S/C23H27N2/c1-15(2)18-11-8-12-19(16(3)4)22(18)25-14-13-24-17(5)20-9-6-7-10-21(20)23(24)25/h6-17H,1-5H3/q+1. The number of aromatic nitrogens is 2. The zero-order valence-electron chi connectivity index (χ0n) is 15.8. The van der Waals surface area contributed by atoms with Crippen LogP contribution < -0.4 is 4.57 Å². The minimum Gasteiger partial charge on any atom is -0.223 e. The fourth-order valence-electron chi connectivity index (χ4n) is 4.17. The van der Waals surface area contributed by atoms with Gasteiger partial charge < -0.3 is 0 Å². The van der Waals surface area contributed by atoms with Crippen LogP contribution in [0.15, 0.2) is 54.9 Å². The first-order chi connectivity index (χ1) is 12.0. The lowest BCUT2D eigenvalue weighted by Crippen LogP contribution is -2.34. The molecule has 0 fully saturated rings. The number of fused-ring (bicyclic) bond motifs is 3.